The second kappa shape index (κ2) is 14.2. The zero-order valence-electron chi connectivity index (χ0n) is 23.2. The van der Waals surface area contributed by atoms with Crippen molar-refractivity contribution in [2.45, 2.75) is 38.1 Å². The van der Waals surface area contributed by atoms with Gasteiger partial charge < -0.3 is 15.0 Å². The second-order valence-electron chi connectivity index (χ2n) is 9.80. The summed E-state index contributed by atoms with van der Waals surface area (Å²) in [5.41, 5.74) is 1.23. The van der Waals surface area contributed by atoms with Crippen molar-refractivity contribution >= 4 is 39.1 Å². The van der Waals surface area contributed by atoms with E-state index in [2.05, 4.69) is 5.32 Å². The number of methoxy groups -OCH3 is 1. The van der Waals surface area contributed by atoms with E-state index >= 15 is 0 Å². The SMILES string of the molecule is COc1ccc(S(=O)(=O)N(CC(=O)N(CCc2ccccc2)C(C)C(=O)NCC(C)C)c2cccc(Cl)c2)cc1. The van der Waals surface area contributed by atoms with Gasteiger partial charge in [-0.05, 0) is 67.3 Å². The predicted octanol–water partition coefficient (Wildman–Crippen LogP) is 4.78. The van der Waals surface area contributed by atoms with Crippen molar-refractivity contribution in [1.29, 1.82) is 0 Å². The highest BCUT2D eigenvalue weighted by Crippen LogP contribution is 2.27. The Kier molecular flexibility index (Phi) is 11.0. The number of sulfonamides is 1. The minimum atomic E-state index is -4.19. The Balaban J connectivity index is 1.96. The van der Waals surface area contributed by atoms with Gasteiger partial charge in [-0.1, -0.05) is 61.8 Å². The fourth-order valence-electron chi connectivity index (χ4n) is 4.06. The number of nitrogens with zero attached hydrogens (tertiary/aromatic N) is 2. The molecule has 0 fully saturated rings. The van der Waals surface area contributed by atoms with Gasteiger partial charge >= 0.3 is 0 Å². The number of hydrogen-bond acceptors (Lipinski definition) is 5. The van der Waals surface area contributed by atoms with Gasteiger partial charge in [0, 0.05) is 18.1 Å². The molecule has 0 radical (unpaired) electrons. The van der Waals surface area contributed by atoms with Crippen LogP contribution in [-0.2, 0) is 26.0 Å². The van der Waals surface area contributed by atoms with Crippen LogP contribution in [0.4, 0.5) is 5.69 Å². The van der Waals surface area contributed by atoms with Crippen LogP contribution in [0.1, 0.15) is 26.3 Å². The maximum atomic E-state index is 13.9. The van der Waals surface area contributed by atoms with Crippen molar-refractivity contribution in [3.63, 3.8) is 0 Å². The highest BCUT2D eigenvalue weighted by Gasteiger charge is 2.32. The molecule has 0 aliphatic heterocycles. The first-order valence-electron chi connectivity index (χ1n) is 13.1. The minimum Gasteiger partial charge on any atom is -0.497 e. The van der Waals surface area contributed by atoms with E-state index in [1.54, 1.807) is 25.1 Å². The molecular formula is C30H36ClN3O5S. The van der Waals surface area contributed by atoms with E-state index in [9.17, 15) is 18.0 Å². The van der Waals surface area contributed by atoms with Crippen LogP contribution in [0, 0.1) is 5.92 Å². The van der Waals surface area contributed by atoms with Crippen LogP contribution in [-0.4, -0.2) is 57.9 Å². The Hall–Kier alpha value is -3.56. The largest absolute Gasteiger partial charge is 0.497 e. The van der Waals surface area contributed by atoms with Crippen molar-refractivity contribution in [2.24, 2.45) is 5.92 Å². The lowest BCUT2D eigenvalue weighted by Gasteiger charge is -2.32. The van der Waals surface area contributed by atoms with Gasteiger partial charge in [-0.2, -0.15) is 0 Å². The van der Waals surface area contributed by atoms with Crippen molar-refractivity contribution in [1.82, 2.24) is 10.2 Å². The van der Waals surface area contributed by atoms with E-state index in [0.29, 0.717) is 23.7 Å². The van der Waals surface area contributed by atoms with Gasteiger partial charge in [0.2, 0.25) is 11.8 Å². The van der Waals surface area contributed by atoms with E-state index in [4.69, 9.17) is 16.3 Å². The first-order valence-corrected chi connectivity index (χ1v) is 14.9. The molecule has 0 aliphatic carbocycles. The van der Waals surface area contributed by atoms with Gasteiger partial charge in [0.15, 0.2) is 0 Å². The van der Waals surface area contributed by atoms with Crippen molar-refractivity contribution in [3.05, 3.63) is 89.4 Å². The van der Waals surface area contributed by atoms with E-state index in [-0.39, 0.29) is 29.0 Å². The number of benzene rings is 3. The maximum Gasteiger partial charge on any atom is 0.264 e. The first kappa shape index (κ1) is 31.0. The Morgan fingerprint density at radius 2 is 1.62 bits per heavy atom. The molecule has 0 aliphatic rings. The first-order chi connectivity index (χ1) is 19.0. The van der Waals surface area contributed by atoms with Gasteiger partial charge in [-0.25, -0.2) is 8.42 Å². The van der Waals surface area contributed by atoms with Crippen molar-refractivity contribution < 1.29 is 22.7 Å². The third-order valence-corrected chi connectivity index (χ3v) is 8.38. The lowest BCUT2D eigenvalue weighted by molar-refractivity contribution is -0.138. The Morgan fingerprint density at radius 3 is 2.23 bits per heavy atom. The third kappa shape index (κ3) is 8.22. The number of halogens is 1. The molecule has 40 heavy (non-hydrogen) atoms. The zero-order valence-corrected chi connectivity index (χ0v) is 24.8. The zero-order chi connectivity index (χ0) is 29.3. The second-order valence-corrected chi connectivity index (χ2v) is 12.1. The molecule has 0 heterocycles. The third-order valence-electron chi connectivity index (χ3n) is 6.36. The summed E-state index contributed by atoms with van der Waals surface area (Å²) in [4.78, 5) is 28.3. The van der Waals surface area contributed by atoms with E-state index < -0.39 is 28.5 Å². The van der Waals surface area contributed by atoms with Crippen LogP contribution in [0.2, 0.25) is 5.02 Å². The van der Waals surface area contributed by atoms with Crippen LogP contribution in [0.3, 0.4) is 0 Å². The standard InChI is InChI=1S/C30H36ClN3O5S/c1-22(2)20-32-30(36)23(3)33(18-17-24-9-6-5-7-10-24)29(35)21-34(26-12-8-11-25(31)19-26)40(37,38)28-15-13-27(39-4)14-16-28/h5-16,19,22-23H,17-18,20-21H2,1-4H3,(H,32,36). The lowest BCUT2D eigenvalue weighted by atomic mass is 10.1. The fraction of sp³-hybridized carbons (Fsp3) is 0.333. The highest BCUT2D eigenvalue weighted by molar-refractivity contribution is 7.92. The molecule has 0 saturated carbocycles. The molecule has 2 amide bonds. The number of amides is 2. The fourth-order valence-corrected chi connectivity index (χ4v) is 5.65. The molecule has 1 N–H and O–H groups in total. The summed E-state index contributed by atoms with van der Waals surface area (Å²) < 4.78 is 33.9. The van der Waals surface area contributed by atoms with Crippen LogP contribution < -0.4 is 14.4 Å². The topological polar surface area (TPSA) is 96.0 Å². The number of ether oxygens (including phenoxy) is 1. The average molecular weight is 586 g/mol. The number of rotatable bonds is 13. The highest BCUT2D eigenvalue weighted by atomic mass is 35.5. The summed E-state index contributed by atoms with van der Waals surface area (Å²) in [5.74, 6) is -0.0853. The summed E-state index contributed by atoms with van der Waals surface area (Å²) in [6.07, 6.45) is 0.497. The number of carbonyl (C=O) groups is 2. The Morgan fingerprint density at radius 1 is 0.950 bits per heavy atom. The molecule has 214 valence electrons. The Bertz CT molecular complexity index is 1380. The molecule has 3 aromatic carbocycles. The minimum absolute atomic E-state index is 0.0142. The van der Waals surface area contributed by atoms with Gasteiger partial charge in [0.05, 0.1) is 17.7 Å². The number of nitrogens with one attached hydrogen (secondary N) is 1. The monoisotopic (exact) mass is 585 g/mol. The quantitative estimate of drug-likeness (QED) is 0.312. The molecule has 1 atom stereocenters. The van der Waals surface area contributed by atoms with Gasteiger partial charge in [-0.15, -0.1) is 0 Å². The van der Waals surface area contributed by atoms with Gasteiger partial charge in [0.1, 0.15) is 18.3 Å². The molecule has 3 rings (SSSR count). The molecule has 0 aromatic heterocycles. The van der Waals surface area contributed by atoms with Crippen LogP contribution in [0.5, 0.6) is 5.75 Å². The van der Waals surface area contributed by atoms with Gasteiger partial charge in [0.25, 0.3) is 10.0 Å². The summed E-state index contributed by atoms with van der Waals surface area (Å²) in [6.45, 7) is 5.79. The molecule has 10 heteroatoms. The summed E-state index contributed by atoms with van der Waals surface area (Å²) in [6, 6.07) is 21.0. The number of anilines is 1. The predicted molar refractivity (Wildman–Crippen MR) is 158 cm³/mol. The van der Waals surface area contributed by atoms with Crippen LogP contribution in [0.25, 0.3) is 0 Å². The lowest BCUT2D eigenvalue weighted by Crippen LogP contribution is -2.52. The average Bonchev–Trinajstić information content (AvgIpc) is 2.95. The molecule has 0 saturated heterocycles. The van der Waals surface area contributed by atoms with Gasteiger partial charge in [-0.3, -0.25) is 13.9 Å². The molecule has 0 bridgehead atoms. The van der Waals surface area contributed by atoms with Crippen LogP contribution >= 0.6 is 11.6 Å². The molecular weight excluding hydrogens is 550 g/mol. The van der Waals surface area contributed by atoms with Crippen molar-refractivity contribution in [3.8, 4) is 5.75 Å². The normalized spacial score (nSPS) is 12.1. The smallest absolute Gasteiger partial charge is 0.264 e. The number of carbonyl (C=O) groups excluding carboxylic acids is 2. The Labute approximate surface area is 241 Å². The molecule has 0 spiro atoms. The summed E-state index contributed by atoms with van der Waals surface area (Å²) in [7, 11) is -2.70. The summed E-state index contributed by atoms with van der Waals surface area (Å²) in [5, 5.41) is 3.20. The molecule has 3 aromatic rings. The maximum absolute atomic E-state index is 13.9. The van der Waals surface area contributed by atoms with Crippen molar-refractivity contribution in [2.75, 3.05) is 31.0 Å². The summed E-state index contributed by atoms with van der Waals surface area (Å²) >= 11 is 6.21. The molecule has 8 nitrogen and oxygen atoms in total. The number of hydrogen-bond donors (Lipinski definition) is 1. The van der Waals surface area contributed by atoms with Crippen LogP contribution in [0.15, 0.2) is 83.8 Å². The molecule has 1 unspecified atom stereocenters. The van der Waals surface area contributed by atoms with E-state index in [1.807, 2.05) is 44.2 Å². The van der Waals surface area contributed by atoms with E-state index in [0.717, 1.165) is 9.87 Å². The van der Waals surface area contributed by atoms with E-state index in [1.165, 1.54) is 42.3 Å².